The zero-order valence-corrected chi connectivity index (χ0v) is 13.4. The van der Waals surface area contributed by atoms with Gasteiger partial charge in [-0.3, -0.25) is 4.79 Å². The second kappa shape index (κ2) is 15.0. The predicted octanol–water partition coefficient (Wildman–Crippen LogP) is 5.06. The number of ketones is 1. The number of carbonyl (C=O) groups is 2. The van der Waals surface area contributed by atoms with Crippen molar-refractivity contribution in [2.75, 3.05) is 0 Å². The van der Waals surface area contributed by atoms with E-state index in [1.165, 1.54) is 38.5 Å². The van der Waals surface area contributed by atoms with E-state index in [1.54, 1.807) is 0 Å². The average Bonchev–Trinajstić information content (AvgIpc) is 2.46. The molecule has 0 saturated carbocycles. The lowest BCUT2D eigenvalue weighted by atomic mass is 10.1. The summed E-state index contributed by atoms with van der Waals surface area (Å²) >= 11 is 0. The Labute approximate surface area is 129 Å². The van der Waals surface area contributed by atoms with Crippen molar-refractivity contribution >= 4 is 11.8 Å². The predicted molar refractivity (Wildman–Crippen MR) is 87.4 cm³/mol. The van der Waals surface area contributed by atoms with Crippen LogP contribution >= 0.6 is 0 Å². The van der Waals surface area contributed by atoms with Crippen LogP contribution in [0.15, 0.2) is 24.3 Å². The molecule has 1 N–H and O–H groups in total. The van der Waals surface area contributed by atoms with Gasteiger partial charge >= 0.3 is 5.97 Å². The van der Waals surface area contributed by atoms with Gasteiger partial charge in [-0.25, -0.2) is 4.79 Å². The van der Waals surface area contributed by atoms with Gasteiger partial charge in [-0.2, -0.15) is 0 Å². The molecule has 120 valence electrons. The lowest BCUT2D eigenvalue weighted by Gasteiger charge is -1.98. The van der Waals surface area contributed by atoms with Gasteiger partial charge in [0.2, 0.25) is 0 Å². The molecule has 0 amide bonds. The summed E-state index contributed by atoms with van der Waals surface area (Å²) in [5.74, 6) is -1.17. The van der Waals surface area contributed by atoms with E-state index in [1.807, 2.05) is 0 Å². The van der Waals surface area contributed by atoms with Gasteiger partial charge in [0, 0.05) is 12.5 Å². The van der Waals surface area contributed by atoms with Gasteiger partial charge in [-0.05, 0) is 38.2 Å². The van der Waals surface area contributed by atoms with Gasteiger partial charge in [0.05, 0.1) is 0 Å². The smallest absolute Gasteiger partial charge is 0.328 e. The molecule has 21 heavy (non-hydrogen) atoms. The van der Waals surface area contributed by atoms with Crippen LogP contribution in [0.4, 0.5) is 0 Å². The molecule has 0 aromatic carbocycles. The van der Waals surface area contributed by atoms with Crippen molar-refractivity contribution in [1.29, 1.82) is 0 Å². The molecule has 0 saturated heterocycles. The summed E-state index contributed by atoms with van der Waals surface area (Å²) in [5.41, 5.74) is 0. The topological polar surface area (TPSA) is 54.4 Å². The van der Waals surface area contributed by atoms with Crippen molar-refractivity contribution in [2.45, 2.75) is 77.6 Å². The number of hydrogen-bond acceptors (Lipinski definition) is 2. The highest BCUT2D eigenvalue weighted by Crippen LogP contribution is 2.08. The van der Waals surface area contributed by atoms with E-state index in [9.17, 15) is 9.59 Å². The van der Waals surface area contributed by atoms with Gasteiger partial charge < -0.3 is 5.11 Å². The van der Waals surface area contributed by atoms with Crippen LogP contribution in [0, 0.1) is 0 Å². The first-order valence-corrected chi connectivity index (χ1v) is 8.25. The monoisotopic (exact) mass is 294 g/mol. The molecule has 0 aliphatic heterocycles. The number of aliphatic carboxylic acids is 1. The van der Waals surface area contributed by atoms with Crippen LogP contribution in [0.5, 0.6) is 0 Å². The van der Waals surface area contributed by atoms with Gasteiger partial charge in [-0.15, -0.1) is 0 Å². The number of carbonyl (C=O) groups excluding carboxylic acids is 1. The first-order chi connectivity index (χ1) is 10.2. The minimum absolute atomic E-state index is 0.103. The van der Waals surface area contributed by atoms with E-state index in [-0.39, 0.29) is 5.78 Å². The maximum atomic E-state index is 11.3. The minimum atomic E-state index is -1.07. The van der Waals surface area contributed by atoms with E-state index in [4.69, 9.17) is 5.11 Å². The molecule has 0 rings (SSSR count). The van der Waals surface area contributed by atoms with Gasteiger partial charge in [0.1, 0.15) is 0 Å². The Hall–Kier alpha value is -1.38. The Morgan fingerprint density at radius 2 is 1.38 bits per heavy atom. The second-order valence-corrected chi connectivity index (χ2v) is 5.41. The Morgan fingerprint density at radius 3 is 2.00 bits per heavy atom. The number of rotatable bonds is 14. The first kappa shape index (κ1) is 19.6. The van der Waals surface area contributed by atoms with Crippen LogP contribution in [0.1, 0.15) is 77.6 Å². The molecule has 3 heteroatoms. The Bertz CT molecular complexity index is 329. The van der Waals surface area contributed by atoms with Crippen LogP contribution in [0.3, 0.4) is 0 Å². The van der Waals surface area contributed by atoms with E-state index >= 15 is 0 Å². The highest BCUT2D eigenvalue weighted by molar-refractivity contribution is 5.95. The SMILES string of the molecule is CCCCCCCC/C=C/CCCCC(=O)/C=C/C(=O)O. The fraction of sp³-hybridized carbons (Fsp3) is 0.667. The fourth-order valence-electron chi connectivity index (χ4n) is 2.09. The van der Waals surface area contributed by atoms with Crippen LogP contribution in [-0.2, 0) is 9.59 Å². The third-order valence-corrected chi connectivity index (χ3v) is 3.35. The molecule has 0 aliphatic carbocycles. The van der Waals surface area contributed by atoms with E-state index in [0.29, 0.717) is 6.42 Å². The molecule has 0 heterocycles. The first-order valence-electron chi connectivity index (χ1n) is 8.25. The minimum Gasteiger partial charge on any atom is -0.478 e. The Kier molecular flexibility index (Phi) is 14.0. The van der Waals surface area contributed by atoms with E-state index in [0.717, 1.165) is 37.8 Å². The zero-order chi connectivity index (χ0) is 15.8. The molecule has 0 fully saturated rings. The third-order valence-electron chi connectivity index (χ3n) is 3.35. The number of carboxylic acids is 1. The lowest BCUT2D eigenvalue weighted by molar-refractivity contribution is -0.131. The van der Waals surface area contributed by atoms with Gasteiger partial charge in [0.15, 0.2) is 5.78 Å². The van der Waals surface area contributed by atoms with Crippen molar-refractivity contribution in [3.05, 3.63) is 24.3 Å². The van der Waals surface area contributed by atoms with Crippen molar-refractivity contribution in [1.82, 2.24) is 0 Å². The van der Waals surface area contributed by atoms with Crippen LogP contribution < -0.4 is 0 Å². The van der Waals surface area contributed by atoms with Crippen LogP contribution in [0.2, 0.25) is 0 Å². The summed E-state index contributed by atoms with van der Waals surface area (Å²) in [6.45, 7) is 2.23. The molecule has 0 spiro atoms. The van der Waals surface area contributed by atoms with E-state index < -0.39 is 5.97 Å². The number of hydrogen-bond donors (Lipinski definition) is 1. The summed E-state index contributed by atoms with van der Waals surface area (Å²) < 4.78 is 0. The quantitative estimate of drug-likeness (QED) is 0.277. The molecule has 3 nitrogen and oxygen atoms in total. The van der Waals surface area contributed by atoms with Gasteiger partial charge in [0.25, 0.3) is 0 Å². The van der Waals surface area contributed by atoms with Crippen molar-refractivity contribution in [2.24, 2.45) is 0 Å². The molecule has 0 radical (unpaired) electrons. The zero-order valence-electron chi connectivity index (χ0n) is 13.4. The molecule has 0 aliphatic rings. The average molecular weight is 294 g/mol. The Balaban J connectivity index is 3.32. The van der Waals surface area contributed by atoms with E-state index in [2.05, 4.69) is 19.1 Å². The van der Waals surface area contributed by atoms with Crippen molar-refractivity contribution < 1.29 is 14.7 Å². The lowest BCUT2D eigenvalue weighted by Crippen LogP contribution is -1.95. The number of unbranched alkanes of at least 4 members (excludes halogenated alkanes) is 8. The Morgan fingerprint density at radius 1 is 0.810 bits per heavy atom. The fourth-order valence-corrected chi connectivity index (χ4v) is 2.09. The molecule has 0 aromatic rings. The summed E-state index contributed by atoms with van der Waals surface area (Å²) in [6, 6.07) is 0. The van der Waals surface area contributed by atoms with Crippen molar-refractivity contribution in [3.8, 4) is 0 Å². The maximum Gasteiger partial charge on any atom is 0.328 e. The molecular weight excluding hydrogens is 264 g/mol. The summed E-state index contributed by atoms with van der Waals surface area (Å²) in [5, 5.41) is 8.39. The molecule has 0 aromatic heterocycles. The maximum absolute atomic E-state index is 11.3. The number of allylic oxidation sites excluding steroid dienone is 3. The molecule has 0 atom stereocenters. The van der Waals surface area contributed by atoms with Crippen molar-refractivity contribution in [3.63, 3.8) is 0 Å². The normalized spacial score (nSPS) is 11.5. The highest BCUT2D eigenvalue weighted by atomic mass is 16.4. The summed E-state index contributed by atoms with van der Waals surface area (Å²) in [6.07, 6.45) is 18.9. The summed E-state index contributed by atoms with van der Waals surface area (Å²) in [7, 11) is 0. The third kappa shape index (κ3) is 16.6. The van der Waals surface area contributed by atoms with Gasteiger partial charge in [-0.1, -0.05) is 51.2 Å². The summed E-state index contributed by atoms with van der Waals surface area (Å²) in [4.78, 5) is 21.5. The second-order valence-electron chi connectivity index (χ2n) is 5.41. The van der Waals surface area contributed by atoms with Crippen LogP contribution in [0.25, 0.3) is 0 Å². The number of carboxylic acid groups (broad SMARTS) is 1. The molecule has 0 unspecified atom stereocenters. The van der Waals surface area contributed by atoms with Crippen LogP contribution in [-0.4, -0.2) is 16.9 Å². The molecular formula is C18H30O3. The standard InChI is InChI=1S/C18H30O3/c1-2-3-4-5-6-7-8-9-10-11-12-13-14-17(19)15-16-18(20)21/h9-10,15-16H,2-8,11-14H2,1H3,(H,20,21)/b10-9+,16-15+. The largest absolute Gasteiger partial charge is 0.478 e. The highest BCUT2D eigenvalue weighted by Gasteiger charge is 1.97. The molecule has 0 bridgehead atoms.